The monoisotopic (exact) mass is 132 g/mol. The number of rotatable bonds is 2. The molecule has 54 valence electrons. The Bertz CT molecular complexity index is 72.4. The topological polar surface area (TPSA) is 54.4 Å². The van der Waals surface area contributed by atoms with Gasteiger partial charge in [0.2, 0.25) is 0 Å². The van der Waals surface area contributed by atoms with Crippen molar-refractivity contribution in [1.29, 1.82) is 0 Å². The standard InChI is InChI=1S/C5H10O.CH2O2/c1-3-5(6)4-2;2-1-3/h3-4H2,1-2H3;1H,(H,2,3). The van der Waals surface area contributed by atoms with Gasteiger partial charge in [-0.15, -0.1) is 0 Å². The third kappa shape index (κ3) is 19.1. The lowest BCUT2D eigenvalue weighted by molar-refractivity contribution is -0.123. The van der Waals surface area contributed by atoms with E-state index in [2.05, 4.69) is 0 Å². The van der Waals surface area contributed by atoms with Gasteiger partial charge in [0, 0.05) is 12.8 Å². The first kappa shape index (κ1) is 11.0. The number of ketones is 1. The molecule has 0 aliphatic carbocycles. The Morgan fingerprint density at radius 1 is 1.44 bits per heavy atom. The molecule has 0 saturated carbocycles. The lowest BCUT2D eigenvalue weighted by Gasteiger charge is -1.81. The third-order valence-electron chi connectivity index (χ3n) is 0.789. The number of Topliss-reactive ketones (excluding diaryl/α,β-unsaturated/α-hetero) is 1. The van der Waals surface area contributed by atoms with Crippen molar-refractivity contribution in [3.8, 4) is 0 Å². The molecule has 3 heteroatoms. The molecule has 0 spiro atoms. The van der Waals surface area contributed by atoms with Crippen LogP contribution in [-0.2, 0) is 9.59 Å². The van der Waals surface area contributed by atoms with E-state index in [-0.39, 0.29) is 6.47 Å². The molecule has 0 unspecified atom stereocenters. The molecule has 0 aliphatic heterocycles. The Kier molecular flexibility index (Phi) is 12.5. The van der Waals surface area contributed by atoms with Crippen molar-refractivity contribution in [3.63, 3.8) is 0 Å². The lowest BCUT2D eigenvalue weighted by atomic mass is 10.3. The summed E-state index contributed by atoms with van der Waals surface area (Å²) in [5.74, 6) is 0.343. The average Bonchev–Trinajstić information content (AvgIpc) is 1.88. The summed E-state index contributed by atoms with van der Waals surface area (Å²) in [7, 11) is 0. The van der Waals surface area contributed by atoms with Crippen molar-refractivity contribution >= 4 is 12.3 Å². The van der Waals surface area contributed by atoms with E-state index in [4.69, 9.17) is 9.90 Å². The number of hydrogen-bond acceptors (Lipinski definition) is 2. The molecule has 0 amide bonds. The van der Waals surface area contributed by atoms with E-state index in [1.807, 2.05) is 13.8 Å². The van der Waals surface area contributed by atoms with Crippen molar-refractivity contribution in [2.24, 2.45) is 0 Å². The molecule has 0 saturated heterocycles. The van der Waals surface area contributed by atoms with Crippen LogP contribution in [0.4, 0.5) is 0 Å². The molecule has 0 aromatic rings. The minimum Gasteiger partial charge on any atom is -0.483 e. The van der Waals surface area contributed by atoms with Gasteiger partial charge >= 0.3 is 0 Å². The van der Waals surface area contributed by atoms with Gasteiger partial charge in [0.15, 0.2) is 0 Å². The van der Waals surface area contributed by atoms with E-state index >= 15 is 0 Å². The Hall–Kier alpha value is -0.860. The molecule has 0 radical (unpaired) electrons. The second kappa shape index (κ2) is 10.2. The minimum atomic E-state index is -0.250. The molecule has 0 atom stereocenters. The van der Waals surface area contributed by atoms with Crippen molar-refractivity contribution in [2.75, 3.05) is 0 Å². The van der Waals surface area contributed by atoms with Gasteiger partial charge in [-0.25, -0.2) is 0 Å². The Labute approximate surface area is 54.7 Å². The van der Waals surface area contributed by atoms with E-state index in [0.29, 0.717) is 18.6 Å². The molecule has 3 nitrogen and oxygen atoms in total. The number of carbonyl (C=O) groups is 2. The Balaban J connectivity index is 0. The highest BCUT2D eigenvalue weighted by atomic mass is 16.3. The van der Waals surface area contributed by atoms with E-state index in [0.717, 1.165) is 0 Å². The zero-order valence-corrected chi connectivity index (χ0v) is 5.76. The van der Waals surface area contributed by atoms with Crippen molar-refractivity contribution < 1.29 is 14.7 Å². The molecule has 0 aliphatic rings. The molecule has 0 rings (SSSR count). The molecule has 9 heavy (non-hydrogen) atoms. The van der Waals surface area contributed by atoms with Gasteiger partial charge < -0.3 is 5.11 Å². The van der Waals surface area contributed by atoms with E-state index in [9.17, 15) is 4.79 Å². The van der Waals surface area contributed by atoms with Crippen LogP contribution in [0.2, 0.25) is 0 Å². The van der Waals surface area contributed by atoms with Crippen LogP contribution in [0.5, 0.6) is 0 Å². The predicted molar refractivity (Wildman–Crippen MR) is 34.3 cm³/mol. The molecule has 0 aromatic carbocycles. The van der Waals surface area contributed by atoms with Gasteiger partial charge in [-0.3, -0.25) is 9.59 Å². The van der Waals surface area contributed by atoms with Crippen LogP contribution in [-0.4, -0.2) is 17.4 Å². The van der Waals surface area contributed by atoms with Crippen LogP contribution in [0.1, 0.15) is 26.7 Å². The second-order valence-corrected chi connectivity index (χ2v) is 1.35. The van der Waals surface area contributed by atoms with E-state index < -0.39 is 0 Å². The molecular weight excluding hydrogens is 120 g/mol. The number of hydrogen-bond donors (Lipinski definition) is 1. The lowest BCUT2D eigenvalue weighted by Crippen LogP contribution is -1.88. The summed E-state index contributed by atoms with van der Waals surface area (Å²) in [6, 6.07) is 0. The molecule has 1 N–H and O–H groups in total. The Morgan fingerprint density at radius 3 is 1.67 bits per heavy atom. The van der Waals surface area contributed by atoms with Crippen LogP contribution in [0, 0.1) is 0 Å². The number of carboxylic acid groups (broad SMARTS) is 1. The van der Waals surface area contributed by atoms with Crippen LogP contribution in [0.3, 0.4) is 0 Å². The van der Waals surface area contributed by atoms with Gasteiger partial charge in [-0.1, -0.05) is 13.8 Å². The molecule has 0 heterocycles. The average molecular weight is 132 g/mol. The SMILES string of the molecule is CCC(=O)CC.O=CO. The van der Waals surface area contributed by atoms with E-state index in [1.165, 1.54) is 0 Å². The zero-order valence-electron chi connectivity index (χ0n) is 5.76. The van der Waals surface area contributed by atoms with Crippen LogP contribution < -0.4 is 0 Å². The second-order valence-electron chi connectivity index (χ2n) is 1.35. The van der Waals surface area contributed by atoms with Crippen LogP contribution >= 0.6 is 0 Å². The van der Waals surface area contributed by atoms with Crippen LogP contribution in [0.25, 0.3) is 0 Å². The maximum atomic E-state index is 10.2. The first-order valence-electron chi connectivity index (χ1n) is 2.82. The summed E-state index contributed by atoms with van der Waals surface area (Å²) < 4.78 is 0. The minimum absolute atomic E-state index is 0.250. The van der Waals surface area contributed by atoms with Gasteiger partial charge in [-0.05, 0) is 0 Å². The first-order chi connectivity index (χ1) is 4.22. The molecule has 0 bridgehead atoms. The highest BCUT2D eigenvalue weighted by Crippen LogP contribution is 1.82. The smallest absolute Gasteiger partial charge is 0.290 e. The van der Waals surface area contributed by atoms with Crippen LogP contribution in [0.15, 0.2) is 0 Å². The predicted octanol–water partition coefficient (Wildman–Crippen LogP) is 1.08. The van der Waals surface area contributed by atoms with E-state index in [1.54, 1.807) is 0 Å². The summed E-state index contributed by atoms with van der Waals surface area (Å²) in [6.45, 7) is 3.51. The fourth-order valence-electron chi connectivity index (χ4n) is 0.250. The highest BCUT2D eigenvalue weighted by molar-refractivity contribution is 5.77. The quantitative estimate of drug-likeness (QED) is 0.572. The molecular formula is C6H12O3. The zero-order chi connectivity index (χ0) is 7.70. The number of carbonyl (C=O) groups excluding carboxylic acids is 1. The summed E-state index contributed by atoms with van der Waals surface area (Å²) >= 11 is 0. The maximum absolute atomic E-state index is 10.2. The summed E-state index contributed by atoms with van der Waals surface area (Å²) in [4.78, 5) is 18.5. The molecule has 0 aromatic heterocycles. The molecule has 0 fully saturated rings. The first-order valence-corrected chi connectivity index (χ1v) is 2.82. The maximum Gasteiger partial charge on any atom is 0.290 e. The van der Waals surface area contributed by atoms with Gasteiger partial charge in [0.05, 0.1) is 0 Å². The van der Waals surface area contributed by atoms with Gasteiger partial charge in [0.25, 0.3) is 6.47 Å². The largest absolute Gasteiger partial charge is 0.483 e. The summed E-state index contributed by atoms with van der Waals surface area (Å²) in [5.41, 5.74) is 0. The Morgan fingerprint density at radius 2 is 1.67 bits per heavy atom. The van der Waals surface area contributed by atoms with Crippen molar-refractivity contribution in [3.05, 3.63) is 0 Å². The highest BCUT2D eigenvalue weighted by Gasteiger charge is 1.86. The third-order valence-corrected chi connectivity index (χ3v) is 0.789. The normalized spacial score (nSPS) is 6.89. The summed E-state index contributed by atoms with van der Waals surface area (Å²) in [5, 5.41) is 6.89. The van der Waals surface area contributed by atoms with Gasteiger partial charge in [-0.2, -0.15) is 0 Å². The fourth-order valence-corrected chi connectivity index (χ4v) is 0.250. The van der Waals surface area contributed by atoms with Gasteiger partial charge in [0.1, 0.15) is 5.78 Å². The van der Waals surface area contributed by atoms with Crippen molar-refractivity contribution in [2.45, 2.75) is 26.7 Å². The fraction of sp³-hybridized carbons (Fsp3) is 0.667. The summed E-state index contributed by atoms with van der Waals surface area (Å²) in [6.07, 6.45) is 1.38. The van der Waals surface area contributed by atoms with Crippen molar-refractivity contribution in [1.82, 2.24) is 0 Å².